The Labute approximate surface area is 114 Å². The van der Waals surface area contributed by atoms with E-state index in [9.17, 15) is 12.8 Å². The van der Waals surface area contributed by atoms with Crippen LogP contribution in [-0.2, 0) is 16.6 Å². The molecular weight excluding hydrogens is 267 g/mol. The molecule has 0 spiro atoms. The third-order valence-electron chi connectivity index (χ3n) is 3.10. The van der Waals surface area contributed by atoms with Crippen molar-refractivity contribution < 1.29 is 12.8 Å². The van der Waals surface area contributed by atoms with Crippen LogP contribution in [0.25, 0.3) is 0 Å². The summed E-state index contributed by atoms with van der Waals surface area (Å²) in [6, 6.07) is 3.53. The maximum Gasteiger partial charge on any atom is 0.240 e. The molecule has 6 heteroatoms. The SMILES string of the molecule is CCC(NS(=O)(=O)c1ccc(F)c(CN)c1)C(C)C. The molecule has 4 nitrogen and oxygen atoms in total. The molecule has 0 radical (unpaired) electrons. The number of nitrogens with two attached hydrogens (primary N) is 1. The van der Waals surface area contributed by atoms with E-state index < -0.39 is 15.8 Å². The zero-order valence-corrected chi connectivity index (χ0v) is 12.3. The number of hydrogen-bond donors (Lipinski definition) is 2. The Bertz CT molecular complexity index is 529. The van der Waals surface area contributed by atoms with Gasteiger partial charge in [-0.15, -0.1) is 0 Å². The minimum absolute atomic E-state index is 0.0312. The lowest BCUT2D eigenvalue weighted by Crippen LogP contribution is -2.38. The Hall–Kier alpha value is -0.980. The molecule has 1 rings (SSSR count). The summed E-state index contributed by atoms with van der Waals surface area (Å²) in [4.78, 5) is 0.0495. The number of rotatable bonds is 6. The lowest BCUT2D eigenvalue weighted by Gasteiger charge is -2.20. The van der Waals surface area contributed by atoms with E-state index in [1.54, 1.807) is 0 Å². The van der Waals surface area contributed by atoms with Crippen LogP contribution in [0.15, 0.2) is 23.1 Å². The van der Waals surface area contributed by atoms with Gasteiger partial charge < -0.3 is 5.73 Å². The van der Waals surface area contributed by atoms with E-state index in [0.29, 0.717) is 6.42 Å². The maximum atomic E-state index is 13.3. The van der Waals surface area contributed by atoms with E-state index in [4.69, 9.17) is 5.73 Å². The largest absolute Gasteiger partial charge is 0.326 e. The van der Waals surface area contributed by atoms with Gasteiger partial charge in [0.15, 0.2) is 0 Å². The summed E-state index contributed by atoms with van der Waals surface area (Å²) >= 11 is 0. The quantitative estimate of drug-likeness (QED) is 0.841. The van der Waals surface area contributed by atoms with Crippen LogP contribution in [0, 0.1) is 11.7 Å². The summed E-state index contributed by atoms with van der Waals surface area (Å²) < 4.78 is 40.4. The Morgan fingerprint density at radius 1 is 1.37 bits per heavy atom. The van der Waals surface area contributed by atoms with Crippen LogP contribution >= 0.6 is 0 Å². The van der Waals surface area contributed by atoms with Gasteiger partial charge in [0.25, 0.3) is 0 Å². The van der Waals surface area contributed by atoms with Gasteiger partial charge in [0.2, 0.25) is 10.0 Å². The monoisotopic (exact) mass is 288 g/mol. The highest BCUT2D eigenvalue weighted by Gasteiger charge is 2.21. The summed E-state index contributed by atoms with van der Waals surface area (Å²) in [7, 11) is -3.64. The topological polar surface area (TPSA) is 72.2 Å². The first-order chi connectivity index (χ1) is 8.81. The van der Waals surface area contributed by atoms with Gasteiger partial charge in [0, 0.05) is 18.2 Å². The highest BCUT2D eigenvalue weighted by molar-refractivity contribution is 7.89. The fourth-order valence-electron chi connectivity index (χ4n) is 1.83. The lowest BCUT2D eigenvalue weighted by atomic mass is 10.0. The van der Waals surface area contributed by atoms with Crippen molar-refractivity contribution in [2.45, 2.75) is 44.7 Å². The molecule has 0 aromatic heterocycles. The number of benzene rings is 1. The van der Waals surface area contributed by atoms with E-state index in [0.717, 1.165) is 6.07 Å². The molecule has 0 aliphatic rings. The highest BCUT2D eigenvalue weighted by Crippen LogP contribution is 2.17. The van der Waals surface area contributed by atoms with Gasteiger partial charge in [0.1, 0.15) is 5.82 Å². The molecule has 0 saturated carbocycles. The average Bonchev–Trinajstić information content (AvgIpc) is 2.36. The molecule has 108 valence electrons. The molecule has 1 unspecified atom stereocenters. The lowest BCUT2D eigenvalue weighted by molar-refractivity contribution is 0.437. The van der Waals surface area contributed by atoms with Crippen LogP contribution in [0.1, 0.15) is 32.8 Å². The Morgan fingerprint density at radius 3 is 2.47 bits per heavy atom. The molecule has 0 fully saturated rings. The van der Waals surface area contributed by atoms with E-state index in [2.05, 4.69) is 4.72 Å². The second-order valence-electron chi connectivity index (χ2n) is 4.84. The molecular formula is C13H21FN2O2S. The summed E-state index contributed by atoms with van der Waals surface area (Å²) in [6.07, 6.45) is 0.696. The van der Waals surface area contributed by atoms with Crippen molar-refractivity contribution >= 4 is 10.0 Å². The number of halogens is 1. The van der Waals surface area contributed by atoms with Crippen molar-refractivity contribution in [3.05, 3.63) is 29.6 Å². The molecule has 1 aromatic carbocycles. The molecule has 1 aromatic rings. The van der Waals surface area contributed by atoms with Crippen molar-refractivity contribution in [2.24, 2.45) is 11.7 Å². The van der Waals surface area contributed by atoms with Gasteiger partial charge in [-0.3, -0.25) is 0 Å². The van der Waals surface area contributed by atoms with Crippen molar-refractivity contribution in [1.29, 1.82) is 0 Å². The van der Waals surface area contributed by atoms with Crippen molar-refractivity contribution in [3.63, 3.8) is 0 Å². The normalized spacial score (nSPS) is 13.8. The predicted molar refractivity (Wildman–Crippen MR) is 73.5 cm³/mol. The zero-order valence-electron chi connectivity index (χ0n) is 11.5. The van der Waals surface area contributed by atoms with Crippen molar-refractivity contribution in [2.75, 3.05) is 0 Å². The zero-order chi connectivity index (χ0) is 14.6. The minimum atomic E-state index is -3.64. The van der Waals surface area contributed by atoms with E-state index in [-0.39, 0.29) is 29.0 Å². The van der Waals surface area contributed by atoms with Gasteiger partial charge in [-0.25, -0.2) is 17.5 Å². The average molecular weight is 288 g/mol. The minimum Gasteiger partial charge on any atom is -0.326 e. The van der Waals surface area contributed by atoms with E-state index >= 15 is 0 Å². The third-order valence-corrected chi connectivity index (χ3v) is 4.59. The van der Waals surface area contributed by atoms with Gasteiger partial charge in [-0.2, -0.15) is 0 Å². The third kappa shape index (κ3) is 3.99. The second-order valence-corrected chi connectivity index (χ2v) is 6.55. The van der Waals surface area contributed by atoms with E-state index in [1.165, 1.54) is 12.1 Å². The smallest absolute Gasteiger partial charge is 0.240 e. The first-order valence-electron chi connectivity index (χ1n) is 6.32. The highest BCUT2D eigenvalue weighted by atomic mass is 32.2. The molecule has 19 heavy (non-hydrogen) atoms. The fourth-order valence-corrected chi connectivity index (χ4v) is 3.35. The van der Waals surface area contributed by atoms with Gasteiger partial charge in [-0.05, 0) is 30.5 Å². The van der Waals surface area contributed by atoms with Gasteiger partial charge >= 0.3 is 0 Å². The number of sulfonamides is 1. The molecule has 3 N–H and O–H groups in total. The summed E-state index contributed by atoms with van der Waals surface area (Å²) in [5.41, 5.74) is 5.58. The predicted octanol–water partition coefficient (Wildman–Crippen LogP) is 2.00. The summed E-state index contributed by atoms with van der Waals surface area (Å²) in [6.45, 7) is 5.79. The van der Waals surface area contributed by atoms with Crippen LogP contribution in [0.2, 0.25) is 0 Å². The number of hydrogen-bond acceptors (Lipinski definition) is 3. The standard InChI is InChI=1S/C13H21FN2O2S/c1-4-13(9(2)3)16-19(17,18)11-5-6-12(14)10(7-11)8-15/h5-7,9,13,16H,4,8,15H2,1-3H3. The fraction of sp³-hybridized carbons (Fsp3) is 0.538. The van der Waals surface area contributed by atoms with Crippen molar-refractivity contribution in [3.8, 4) is 0 Å². The van der Waals surface area contributed by atoms with Gasteiger partial charge in [-0.1, -0.05) is 20.8 Å². The van der Waals surface area contributed by atoms with Crippen LogP contribution in [0.3, 0.4) is 0 Å². The first kappa shape index (κ1) is 16.1. The van der Waals surface area contributed by atoms with Crippen LogP contribution in [0.4, 0.5) is 4.39 Å². The van der Waals surface area contributed by atoms with Crippen molar-refractivity contribution in [1.82, 2.24) is 4.72 Å². The van der Waals surface area contributed by atoms with E-state index in [1.807, 2.05) is 20.8 Å². The van der Waals surface area contributed by atoms with Crippen LogP contribution < -0.4 is 10.5 Å². The van der Waals surface area contributed by atoms with Gasteiger partial charge in [0.05, 0.1) is 4.90 Å². The second kappa shape index (κ2) is 6.45. The Morgan fingerprint density at radius 2 is 2.00 bits per heavy atom. The summed E-state index contributed by atoms with van der Waals surface area (Å²) in [5, 5.41) is 0. The molecule has 0 amide bonds. The van der Waals surface area contributed by atoms with Crippen LogP contribution in [0.5, 0.6) is 0 Å². The maximum absolute atomic E-state index is 13.3. The number of nitrogens with one attached hydrogen (secondary N) is 1. The Kier molecular flexibility index (Phi) is 5.46. The molecule has 0 bridgehead atoms. The first-order valence-corrected chi connectivity index (χ1v) is 7.81. The molecule has 0 aliphatic carbocycles. The Balaban J connectivity index is 3.06. The molecule has 0 saturated heterocycles. The molecule has 0 aliphatic heterocycles. The molecule has 1 atom stereocenters. The summed E-state index contributed by atoms with van der Waals surface area (Å²) in [5.74, 6) is -0.299. The van der Waals surface area contributed by atoms with Crippen LogP contribution in [-0.4, -0.2) is 14.5 Å². The molecule has 0 heterocycles.